The van der Waals surface area contributed by atoms with Gasteiger partial charge in [-0.25, -0.2) is 0 Å². The molecule has 1 heterocycles. The first-order valence-electron chi connectivity index (χ1n) is 10.4. The van der Waals surface area contributed by atoms with Crippen LogP contribution in [0.3, 0.4) is 0 Å². The molecule has 0 N–H and O–H groups in total. The molecule has 0 aromatic carbocycles. The maximum absolute atomic E-state index is 12.0. The highest BCUT2D eigenvalue weighted by atomic mass is 16.6. The first-order valence-corrected chi connectivity index (χ1v) is 10.4. The zero-order chi connectivity index (χ0) is 20.1. The lowest BCUT2D eigenvalue weighted by molar-refractivity contribution is -0.149. The molecule has 1 atom stereocenters. The molecule has 1 fully saturated rings. The minimum absolute atomic E-state index is 0.0179. The van der Waals surface area contributed by atoms with Crippen molar-refractivity contribution in [2.45, 2.75) is 103 Å². The topological polar surface area (TPSA) is 77.5 Å². The summed E-state index contributed by atoms with van der Waals surface area (Å²) in [5.74, 6) is -0.0373. The summed E-state index contributed by atoms with van der Waals surface area (Å²) in [5.41, 5.74) is -0.387. The van der Waals surface area contributed by atoms with E-state index in [1.807, 2.05) is 6.92 Å². The molecule has 1 unspecified atom stereocenters. The molecule has 0 radical (unpaired) electrons. The molecule has 1 rings (SSSR count). The van der Waals surface area contributed by atoms with Gasteiger partial charge in [0.1, 0.15) is 17.2 Å². The summed E-state index contributed by atoms with van der Waals surface area (Å²) < 4.78 is 5.43. The molecule has 152 valence electrons. The SMILES string of the molecule is CCCCCC(=O)/C=C/CC(=O)CCC(=O)CCCC1(CC)CCC(=O)O1. The van der Waals surface area contributed by atoms with Crippen LogP contribution in [-0.4, -0.2) is 28.9 Å². The molecule has 0 aromatic heterocycles. The van der Waals surface area contributed by atoms with Gasteiger partial charge in [-0.1, -0.05) is 32.8 Å². The maximum Gasteiger partial charge on any atom is 0.306 e. The molecule has 0 bridgehead atoms. The number of rotatable bonds is 15. The smallest absolute Gasteiger partial charge is 0.306 e. The Kier molecular flexibility index (Phi) is 10.8. The summed E-state index contributed by atoms with van der Waals surface area (Å²) in [7, 11) is 0. The molecule has 0 aromatic rings. The fraction of sp³-hybridized carbons (Fsp3) is 0.727. The molecule has 1 aliphatic rings. The predicted molar refractivity (Wildman–Crippen MR) is 104 cm³/mol. The minimum Gasteiger partial charge on any atom is -0.459 e. The molecule has 5 nitrogen and oxygen atoms in total. The van der Waals surface area contributed by atoms with Crippen LogP contribution in [-0.2, 0) is 23.9 Å². The van der Waals surface area contributed by atoms with Crippen LogP contribution in [0.4, 0.5) is 0 Å². The van der Waals surface area contributed by atoms with Crippen LogP contribution in [0.15, 0.2) is 12.2 Å². The number of hydrogen-bond donors (Lipinski definition) is 0. The molecular formula is C22H34O5. The number of Topliss-reactive ketones (excluding diaryl/α,β-unsaturated/α-hetero) is 2. The predicted octanol–water partition coefficient (Wildman–Crippen LogP) is 4.66. The Balaban J connectivity index is 2.15. The second-order valence-corrected chi connectivity index (χ2v) is 7.47. The van der Waals surface area contributed by atoms with E-state index in [4.69, 9.17) is 4.74 Å². The van der Waals surface area contributed by atoms with E-state index >= 15 is 0 Å². The number of ketones is 3. The van der Waals surface area contributed by atoms with Crippen molar-refractivity contribution < 1.29 is 23.9 Å². The second-order valence-electron chi connectivity index (χ2n) is 7.47. The van der Waals surface area contributed by atoms with E-state index in [0.717, 1.165) is 32.1 Å². The van der Waals surface area contributed by atoms with Gasteiger partial charge in [-0.15, -0.1) is 0 Å². The van der Waals surface area contributed by atoms with E-state index in [9.17, 15) is 19.2 Å². The van der Waals surface area contributed by atoms with Gasteiger partial charge in [0, 0.05) is 38.5 Å². The van der Waals surface area contributed by atoms with Crippen molar-refractivity contribution in [1.82, 2.24) is 0 Å². The summed E-state index contributed by atoms with van der Waals surface area (Å²) in [6.45, 7) is 4.09. The molecule has 1 saturated heterocycles. The molecule has 5 heteroatoms. The van der Waals surface area contributed by atoms with Crippen molar-refractivity contribution in [1.29, 1.82) is 0 Å². The van der Waals surface area contributed by atoms with Gasteiger partial charge in [0.25, 0.3) is 0 Å². The van der Waals surface area contributed by atoms with Gasteiger partial charge in [-0.2, -0.15) is 0 Å². The van der Waals surface area contributed by atoms with Crippen LogP contribution in [0.1, 0.15) is 97.3 Å². The molecular weight excluding hydrogens is 344 g/mol. The summed E-state index contributed by atoms with van der Waals surface area (Å²) in [4.78, 5) is 46.7. The Morgan fingerprint density at radius 1 is 1.00 bits per heavy atom. The lowest BCUT2D eigenvalue weighted by atomic mass is 9.90. The highest BCUT2D eigenvalue weighted by Crippen LogP contribution is 2.34. The lowest BCUT2D eigenvalue weighted by Gasteiger charge is -2.25. The van der Waals surface area contributed by atoms with Gasteiger partial charge in [0.05, 0.1) is 0 Å². The van der Waals surface area contributed by atoms with Crippen LogP contribution >= 0.6 is 0 Å². The van der Waals surface area contributed by atoms with Crippen molar-refractivity contribution in [3.8, 4) is 0 Å². The van der Waals surface area contributed by atoms with Crippen LogP contribution < -0.4 is 0 Å². The van der Waals surface area contributed by atoms with Crippen LogP contribution in [0.5, 0.6) is 0 Å². The zero-order valence-electron chi connectivity index (χ0n) is 16.9. The molecule has 0 saturated carbocycles. The van der Waals surface area contributed by atoms with Crippen molar-refractivity contribution in [3.63, 3.8) is 0 Å². The van der Waals surface area contributed by atoms with E-state index in [2.05, 4.69) is 6.92 Å². The van der Waals surface area contributed by atoms with E-state index in [1.165, 1.54) is 6.08 Å². The van der Waals surface area contributed by atoms with Gasteiger partial charge in [-0.3, -0.25) is 19.2 Å². The highest BCUT2D eigenvalue weighted by Gasteiger charge is 2.38. The van der Waals surface area contributed by atoms with E-state index < -0.39 is 0 Å². The summed E-state index contributed by atoms with van der Waals surface area (Å²) in [6, 6.07) is 0. The van der Waals surface area contributed by atoms with E-state index in [-0.39, 0.29) is 48.2 Å². The number of carbonyl (C=O) groups is 4. The quantitative estimate of drug-likeness (QED) is 0.235. The Morgan fingerprint density at radius 3 is 2.37 bits per heavy atom. The number of allylic oxidation sites excluding steroid dienone is 2. The van der Waals surface area contributed by atoms with Crippen LogP contribution in [0, 0.1) is 0 Å². The average molecular weight is 379 g/mol. The number of carbonyl (C=O) groups excluding carboxylic acids is 4. The van der Waals surface area contributed by atoms with E-state index in [0.29, 0.717) is 32.1 Å². The van der Waals surface area contributed by atoms with Crippen molar-refractivity contribution in [2.24, 2.45) is 0 Å². The van der Waals surface area contributed by atoms with E-state index in [1.54, 1.807) is 6.08 Å². The number of cyclic esters (lactones) is 1. The Hall–Kier alpha value is -1.78. The normalized spacial score (nSPS) is 19.4. The first kappa shape index (κ1) is 23.3. The summed E-state index contributed by atoms with van der Waals surface area (Å²) >= 11 is 0. The molecule has 1 aliphatic heterocycles. The first-order chi connectivity index (χ1) is 12.9. The van der Waals surface area contributed by atoms with Gasteiger partial charge in [0.2, 0.25) is 0 Å². The Labute approximate surface area is 162 Å². The zero-order valence-corrected chi connectivity index (χ0v) is 16.9. The number of ether oxygens (including phenoxy) is 1. The Morgan fingerprint density at radius 2 is 1.74 bits per heavy atom. The van der Waals surface area contributed by atoms with Gasteiger partial charge < -0.3 is 4.74 Å². The lowest BCUT2D eigenvalue weighted by Crippen LogP contribution is -2.27. The number of esters is 1. The summed E-state index contributed by atoms with van der Waals surface area (Å²) in [5, 5.41) is 0. The van der Waals surface area contributed by atoms with Crippen molar-refractivity contribution in [2.75, 3.05) is 0 Å². The highest BCUT2D eigenvalue weighted by molar-refractivity contribution is 5.91. The van der Waals surface area contributed by atoms with Crippen molar-refractivity contribution >= 4 is 23.3 Å². The van der Waals surface area contributed by atoms with Crippen LogP contribution in [0.25, 0.3) is 0 Å². The van der Waals surface area contributed by atoms with Crippen LogP contribution in [0.2, 0.25) is 0 Å². The third-order valence-corrected chi connectivity index (χ3v) is 5.21. The van der Waals surface area contributed by atoms with Gasteiger partial charge in [-0.05, 0) is 38.2 Å². The van der Waals surface area contributed by atoms with Crippen molar-refractivity contribution in [3.05, 3.63) is 12.2 Å². The minimum atomic E-state index is -0.387. The monoisotopic (exact) mass is 378 g/mol. The summed E-state index contributed by atoms with van der Waals surface area (Å²) in [6.07, 6.45) is 11.1. The fourth-order valence-electron chi connectivity index (χ4n) is 3.34. The number of unbranched alkanes of at least 4 members (excludes halogenated alkanes) is 2. The van der Waals surface area contributed by atoms with Gasteiger partial charge >= 0.3 is 5.97 Å². The largest absolute Gasteiger partial charge is 0.459 e. The van der Waals surface area contributed by atoms with Gasteiger partial charge in [0.15, 0.2) is 5.78 Å². The average Bonchev–Trinajstić information content (AvgIpc) is 3.01. The number of hydrogen-bond acceptors (Lipinski definition) is 5. The third-order valence-electron chi connectivity index (χ3n) is 5.21. The molecule has 27 heavy (non-hydrogen) atoms. The standard InChI is InChI=1S/C22H34O5/c1-3-5-6-9-18(23)10-7-11-19(24)13-14-20(25)12-8-16-22(4-2)17-15-21(26)27-22/h7,10H,3-6,8-9,11-17H2,1-2H3/b10-7+. The molecule has 0 spiro atoms. The Bertz CT molecular complexity index is 549. The maximum atomic E-state index is 12.0. The fourth-order valence-corrected chi connectivity index (χ4v) is 3.34. The second kappa shape index (κ2) is 12.6. The molecule has 0 aliphatic carbocycles. The third kappa shape index (κ3) is 9.64. The molecule has 0 amide bonds.